The molecule has 2 nitrogen and oxygen atoms in total. The van der Waals surface area contributed by atoms with Gasteiger partial charge in [-0.05, 0) is 37.1 Å². The summed E-state index contributed by atoms with van der Waals surface area (Å²) < 4.78 is 28.6. The Morgan fingerprint density at radius 2 is 2.00 bits per heavy atom. The molecule has 1 heterocycles. The van der Waals surface area contributed by atoms with Crippen LogP contribution in [0.2, 0.25) is 0 Å². The molecule has 1 aliphatic heterocycles. The highest BCUT2D eigenvalue weighted by Gasteiger charge is 2.24. The predicted octanol–water partition coefficient (Wildman–Crippen LogP) is 3.80. The Bertz CT molecular complexity index is 445. The lowest BCUT2D eigenvalue weighted by Gasteiger charge is -2.34. The van der Waals surface area contributed by atoms with Crippen LogP contribution in [0.3, 0.4) is 0 Å². The number of anilines is 1. The summed E-state index contributed by atoms with van der Waals surface area (Å²) in [6.07, 6.45) is 2.04. The quantitative estimate of drug-likeness (QED) is 0.804. The molecule has 0 amide bonds. The van der Waals surface area contributed by atoms with Crippen molar-refractivity contribution in [2.24, 2.45) is 0 Å². The first-order valence-electron chi connectivity index (χ1n) is 7.70. The second kappa shape index (κ2) is 7.99. The highest BCUT2D eigenvalue weighted by atomic mass is 32.2. The maximum Gasteiger partial charge on any atom is 0.149 e. The zero-order valence-electron chi connectivity index (χ0n) is 12.8. The monoisotopic (exact) mass is 314 g/mol. The smallest absolute Gasteiger partial charge is 0.149 e. The number of hydrogen-bond acceptors (Lipinski definition) is 3. The molecule has 0 spiro atoms. The number of thioether (sulfide) groups is 1. The molecule has 0 aromatic heterocycles. The molecule has 0 bridgehead atoms. The van der Waals surface area contributed by atoms with E-state index in [0.29, 0.717) is 23.9 Å². The highest BCUT2D eigenvalue weighted by Crippen LogP contribution is 2.30. The average Bonchev–Trinajstić information content (AvgIpc) is 2.47. The second-order valence-electron chi connectivity index (χ2n) is 5.43. The third-order valence-corrected chi connectivity index (χ3v) is 5.12. The number of nitrogens with one attached hydrogen (secondary N) is 1. The van der Waals surface area contributed by atoms with Crippen molar-refractivity contribution < 1.29 is 8.78 Å². The van der Waals surface area contributed by atoms with Gasteiger partial charge in [-0.3, -0.25) is 0 Å². The maximum atomic E-state index is 14.3. The zero-order valence-corrected chi connectivity index (χ0v) is 13.6. The van der Waals surface area contributed by atoms with Crippen LogP contribution in [0.5, 0.6) is 0 Å². The van der Waals surface area contributed by atoms with E-state index in [9.17, 15) is 8.78 Å². The Morgan fingerprint density at radius 1 is 1.29 bits per heavy atom. The van der Waals surface area contributed by atoms with Crippen molar-refractivity contribution >= 4 is 17.4 Å². The SMILES string of the molecule is CCCNCc1cc(F)c(N2CCSC(CC)C2)c(F)c1. The van der Waals surface area contributed by atoms with Gasteiger partial charge in [-0.2, -0.15) is 11.8 Å². The molecule has 1 aromatic rings. The van der Waals surface area contributed by atoms with Gasteiger partial charge in [0.25, 0.3) is 0 Å². The van der Waals surface area contributed by atoms with Crippen molar-refractivity contribution in [2.45, 2.75) is 38.5 Å². The average molecular weight is 314 g/mol. The molecular formula is C16H24F2N2S. The Hall–Kier alpha value is -0.810. The lowest BCUT2D eigenvalue weighted by atomic mass is 10.1. The number of nitrogens with zero attached hydrogens (tertiary/aromatic N) is 1. The predicted molar refractivity (Wildman–Crippen MR) is 87.1 cm³/mol. The van der Waals surface area contributed by atoms with Gasteiger partial charge in [-0.25, -0.2) is 8.78 Å². The standard InChI is InChI=1S/C16H24F2N2S/c1-3-5-19-10-12-8-14(17)16(15(18)9-12)20-6-7-21-13(4-2)11-20/h8-9,13,19H,3-7,10-11H2,1-2H3. The molecule has 1 atom stereocenters. The summed E-state index contributed by atoms with van der Waals surface area (Å²) in [6.45, 7) is 6.99. The molecular weight excluding hydrogens is 290 g/mol. The summed E-state index contributed by atoms with van der Waals surface area (Å²) in [5.74, 6) is 0.0482. The fourth-order valence-corrected chi connectivity index (χ4v) is 3.78. The van der Waals surface area contributed by atoms with Gasteiger partial charge in [-0.15, -0.1) is 0 Å². The first-order chi connectivity index (χ1) is 10.2. The minimum Gasteiger partial charge on any atom is -0.365 e. The molecule has 1 fully saturated rings. The molecule has 0 aliphatic carbocycles. The van der Waals surface area contributed by atoms with E-state index < -0.39 is 11.6 Å². The van der Waals surface area contributed by atoms with Crippen molar-refractivity contribution in [3.63, 3.8) is 0 Å². The van der Waals surface area contributed by atoms with Crippen molar-refractivity contribution in [2.75, 3.05) is 30.3 Å². The van der Waals surface area contributed by atoms with E-state index in [1.54, 1.807) is 0 Å². The van der Waals surface area contributed by atoms with Crippen LogP contribution in [-0.4, -0.2) is 30.6 Å². The lowest BCUT2D eigenvalue weighted by Crippen LogP contribution is -2.38. The van der Waals surface area contributed by atoms with Crippen LogP contribution in [0, 0.1) is 11.6 Å². The van der Waals surface area contributed by atoms with Gasteiger partial charge in [0.2, 0.25) is 0 Å². The third kappa shape index (κ3) is 4.33. The van der Waals surface area contributed by atoms with E-state index >= 15 is 0 Å². The van der Waals surface area contributed by atoms with E-state index in [0.717, 1.165) is 31.7 Å². The molecule has 1 saturated heterocycles. The summed E-state index contributed by atoms with van der Waals surface area (Å²) in [6, 6.07) is 2.92. The molecule has 1 aliphatic rings. The van der Waals surface area contributed by atoms with E-state index in [-0.39, 0.29) is 5.69 Å². The van der Waals surface area contributed by atoms with Crippen LogP contribution < -0.4 is 10.2 Å². The summed E-state index contributed by atoms with van der Waals surface area (Å²) >= 11 is 1.89. The molecule has 2 rings (SSSR count). The van der Waals surface area contributed by atoms with E-state index in [2.05, 4.69) is 19.2 Å². The second-order valence-corrected chi connectivity index (χ2v) is 6.84. The van der Waals surface area contributed by atoms with Crippen LogP contribution in [0.15, 0.2) is 12.1 Å². The van der Waals surface area contributed by atoms with Gasteiger partial charge in [0.15, 0.2) is 0 Å². The Kier molecular flexibility index (Phi) is 6.30. The largest absolute Gasteiger partial charge is 0.365 e. The topological polar surface area (TPSA) is 15.3 Å². The number of rotatable bonds is 6. The summed E-state index contributed by atoms with van der Waals surface area (Å²) in [5, 5.41) is 3.63. The molecule has 0 radical (unpaired) electrons. The zero-order chi connectivity index (χ0) is 15.2. The minimum atomic E-state index is -0.440. The van der Waals surface area contributed by atoms with Crippen LogP contribution in [0.1, 0.15) is 32.3 Å². The van der Waals surface area contributed by atoms with Crippen molar-refractivity contribution in [3.05, 3.63) is 29.3 Å². The van der Waals surface area contributed by atoms with Crippen molar-refractivity contribution in [3.8, 4) is 0 Å². The van der Waals surface area contributed by atoms with Gasteiger partial charge in [-0.1, -0.05) is 13.8 Å². The fourth-order valence-electron chi connectivity index (χ4n) is 2.60. The van der Waals surface area contributed by atoms with Gasteiger partial charge >= 0.3 is 0 Å². The molecule has 1 unspecified atom stereocenters. The number of halogens is 2. The van der Waals surface area contributed by atoms with Crippen molar-refractivity contribution in [1.82, 2.24) is 5.32 Å². The van der Waals surface area contributed by atoms with E-state index in [4.69, 9.17) is 0 Å². The van der Waals surface area contributed by atoms with Gasteiger partial charge in [0.05, 0.1) is 0 Å². The fraction of sp³-hybridized carbons (Fsp3) is 0.625. The number of hydrogen-bond donors (Lipinski definition) is 1. The Labute approximate surface area is 130 Å². The van der Waals surface area contributed by atoms with Crippen LogP contribution in [0.4, 0.5) is 14.5 Å². The van der Waals surface area contributed by atoms with Crippen LogP contribution in [0.25, 0.3) is 0 Å². The molecule has 0 saturated carbocycles. The Balaban J connectivity index is 2.12. The lowest BCUT2D eigenvalue weighted by molar-refractivity contribution is 0.561. The number of benzene rings is 1. The van der Waals surface area contributed by atoms with E-state index in [1.165, 1.54) is 12.1 Å². The summed E-state index contributed by atoms with van der Waals surface area (Å²) in [5.41, 5.74) is 0.814. The summed E-state index contributed by atoms with van der Waals surface area (Å²) in [7, 11) is 0. The molecule has 1 aromatic carbocycles. The molecule has 1 N–H and O–H groups in total. The highest BCUT2D eigenvalue weighted by molar-refractivity contribution is 8.00. The van der Waals surface area contributed by atoms with Crippen LogP contribution in [-0.2, 0) is 6.54 Å². The molecule has 5 heteroatoms. The summed E-state index contributed by atoms with van der Waals surface area (Å²) in [4.78, 5) is 1.86. The minimum absolute atomic E-state index is 0.146. The van der Waals surface area contributed by atoms with Gasteiger partial charge in [0.1, 0.15) is 17.3 Å². The maximum absolute atomic E-state index is 14.3. The van der Waals surface area contributed by atoms with Crippen LogP contribution >= 0.6 is 11.8 Å². The van der Waals surface area contributed by atoms with Gasteiger partial charge < -0.3 is 10.2 Å². The molecule has 21 heavy (non-hydrogen) atoms. The first kappa shape index (κ1) is 16.6. The van der Waals surface area contributed by atoms with Gasteiger partial charge in [0, 0.05) is 30.6 Å². The third-order valence-electron chi connectivity index (χ3n) is 3.74. The van der Waals surface area contributed by atoms with Crippen molar-refractivity contribution in [1.29, 1.82) is 0 Å². The van der Waals surface area contributed by atoms with E-state index in [1.807, 2.05) is 16.7 Å². The Morgan fingerprint density at radius 3 is 2.62 bits per heavy atom. The first-order valence-corrected chi connectivity index (χ1v) is 8.75. The normalized spacial score (nSPS) is 19.0. The molecule has 118 valence electrons.